The molecule has 82 valence electrons. The second-order valence-corrected chi connectivity index (χ2v) is 6.15. The maximum Gasteiger partial charge on any atom is 0.148 e. The zero-order chi connectivity index (χ0) is 10.8. The third-order valence-corrected chi connectivity index (χ3v) is 5.10. The summed E-state index contributed by atoms with van der Waals surface area (Å²) >= 11 is 9.73. The molecule has 1 aliphatic carbocycles. The lowest BCUT2D eigenvalue weighted by Crippen LogP contribution is -2.03. The van der Waals surface area contributed by atoms with Gasteiger partial charge in [0.1, 0.15) is 5.15 Å². The van der Waals surface area contributed by atoms with Gasteiger partial charge in [-0.25, -0.2) is 0 Å². The first-order chi connectivity index (χ1) is 7.22. The second kappa shape index (κ2) is 5.12. The van der Waals surface area contributed by atoms with Gasteiger partial charge >= 0.3 is 0 Å². The van der Waals surface area contributed by atoms with Crippen LogP contribution in [0.1, 0.15) is 35.6 Å². The topological polar surface area (TPSA) is 33.1 Å². The number of aliphatic hydroxyl groups excluding tert-OH is 1. The first kappa shape index (κ1) is 11.8. The predicted molar refractivity (Wildman–Crippen MR) is 71.7 cm³/mol. The average Bonchev–Trinajstić information content (AvgIpc) is 2.61. The van der Waals surface area contributed by atoms with E-state index < -0.39 is 0 Å². The van der Waals surface area contributed by atoms with Gasteiger partial charge in [-0.3, -0.25) is 0 Å². The second-order valence-electron chi connectivity index (χ2n) is 3.60. The summed E-state index contributed by atoms with van der Waals surface area (Å²) in [6.07, 6.45) is 5.58. The van der Waals surface area contributed by atoms with Crippen molar-refractivity contribution in [1.29, 1.82) is 0 Å². The van der Waals surface area contributed by atoms with Crippen LogP contribution < -0.4 is 0 Å². The zero-order valence-corrected chi connectivity index (χ0v) is 11.8. The van der Waals surface area contributed by atoms with E-state index in [4.69, 9.17) is 11.6 Å². The first-order valence-electron chi connectivity index (χ1n) is 4.81. The fourth-order valence-corrected chi connectivity index (χ4v) is 3.62. The summed E-state index contributed by atoms with van der Waals surface area (Å²) in [5, 5.41) is 9.71. The van der Waals surface area contributed by atoms with Crippen LogP contribution in [-0.4, -0.2) is 9.48 Å². The molecule has 1 aromatic rings. The van der Waals surface area contributed by atoms with Crippen molar-refractivity contribution >= 4 is 45.7 Å². The maximum atomic E-state index is 9.24. The number of halogens is 2. The molecule has 1 unspecified atom stereocenters. The minimum Gasteiger partial charge on any atom is -0.392 e. The minimum absolute atomic E-state index is 0.00196. The van der Waals surface area contributed by atoms with Crippen LogP contribution in [0.5, 0.6) is 0 Å². The lowest BCUT2D eigenvalue weighted by molar-refractivity contribution is 0.280. The number of hydrogen-bond acceptors (Lipinski definition) is 3. The van der Waals surface area contributed by atoms with E-state index in [1.165, 1.54) is 20.0 Å². The van der Waals surface area contributed by atoms with Crippen molar-refractivity contribution in [1.82, 2.24) is 4.37 Å². The van der Waals surface area contributed by atoms with E-state index in [0.29, 0.717) is 11.1 Å². The average molecular weight is 356 g/mol. The number of hydrogen-bond donors (Lipinski definition) is 1. The van der Waals surface area contributed by atoms with Gasteiger partial charge in [0.2, 0.25) is 0 Å². The van der Waals surface area contributed by atoms with Crippen LogP contribution in [0.2, 0.25) is 5.15 Å². The summed E-state index contributed by atoms with van der Waals surface area (Å²) in [4.78, 5) is 1.17. The molecule has 0 aromatic carbocycles. The summed E-state index contributed by atoms with van der Waals surface area (Å²) in [5.74, 6) is 0.496. The van der Waals surface area contributed by atoms with Crippen molar-refractivity contribution in [2.75, 3.05) is 0 Å². The summed E-state index contributed by atoms with van der Waals surface area (Å²) in [5.41, 5.74) is 0.831. The Morgan fingerprint density at radius 3 is 3.07 bits per heavy atom. The fraction of sp³-hybridized carbons (Fsp3) is 0.500. The smallest absolute Gasteiger partial charge is 0.148 e. The molecule has 1 N–H and O–H groups in total. The number of rotatable bonds is 2. The third kappa shape index (κ3) is 2.54. The quantitative estimate of drug-likeness (QED) is 0.817. The molecule has 2 nitrogen and oxygen atoms in total. The molecule has 15 heavy (non-hydrogen) atoms. The molecule has 0 bridgehead atoms. The van der Waals surface area contributed by atoms with E-state index in [1.807, 2.05) is 0 Å². The molecule has 0 saturated carbocycles. The van der Waals surface area contributed by atoms with Crippen LogP contribution in [-0.2, 0) is 6.61 Å². The number of aromatic nitrogens is 1. The van der Waals surface area contributed by atoms with Gasteiger partial charge in [0.15, 0.2) is 0 Å². The first-order valence-corrected chi connectivity index (χ1v) is 7.04. The van der Waals surface area contributed by atoms with Gasteiger partial charge in [-0.2, -0.15) is 4.37 Å². The van der Waals surface area contributed by atoms with E-state index >= 15 is 0 Å². The van der Waals surface area contributed by atoms with Crippen LogP contribution in [0.15, 0.2) is 9.66 Å². The summed E-state index contributed by atoms with van der Waals surface area (Å²) in [6.45, 7) is 0.00196. The molecular weight excluding hydrogens is 345 g/mol. The van der Waals surface area contributed by atoms with Gasteiger partial charge in [-0.15, -0.1) is 0 Å². The number of nitrogens with zero attached hydrogens (tertiary/aromatic N) is 1. The van der Waals surface area contributed by atoms with Crippen LogP contribution in [0, 0.1) is 0 Å². The van der Waals surface area contributed by atoms with Crippen molar-refractivity contribution in [2.45, 2.75) is 31.8 Å². The molecule has 1 atom stereocenters. The standard InChI is InChI=1S/C10H11ClINOS/c11-10-8(5-14)9(15-13-10)6-1-3-7(12)4-2-6/h3,6,14H,1-2,4-5H2. The predicted octanol–water partition coefficient (Wildman–Crippen LogP) is 3.88. The van der Waals surface area contributed by atoms with E-state index in [9.17, 15) is 5.11 Å². The summed E-state index contributed by atoms with van der Waals surface area (Å²) in [6, 6.07) is 0. The number of aliphatic hydroxyl groups is 1. The van der Waals surface area contributed by atoms with Gasteiger partial charge in [-0.05, 0) is 62.9 Å². The third-order valence-electron chi connectivity index (χ3n) is 2.65. The van der Waals surface area contributed by atoms with Crippen LogP contribution >= 0.6 is 45.7 Å². The normalized spacial score (nSPS) is 21.5. The van der Waals surface area contributed by atoms with Gasteiger partial charge in [0.25, 0.3) is 0 Å². The van der Waals surface area contributed by atoms with Crippen molar-refractivity contribution < 1.29 is 5.11 Å². The minimum atomic E-state index is 0.00196. The van der Waals surface area contributed by atoms with Gasteiger partial charge in [0, 0.05) is 10.4 Å². The highest BCUT2D eigenvalue weighted by molar-refractivity contribution is 14.1. The largest absolute Gasteiger partial charge is 0.392 e. The van der Waals surface area contributed by atoms with Crippen LogP contribution in [0.4, 0.5) is 0 Å². The summed E-state index contributed by atoms with van der Waals surface area (Å²) < 4.78 is 5.54. The molecule has 0 aliphatic heterocycles. The lowest BCUT2D eigenvalue weighted by atomic mass is 9.91. The Kier molecular flexibility index (Phi) is 4.04. The van der Waals surface area contributed by atoms with Crippen molar-refractivity contribution in [3.05, 3.63) is 25.2 Å². The van der Waals surface area contributed by atoms with Crippen molar-refractivity contribution in [2.24, 2.45) is 0 Å². The molecule has 0 fully saturated rings. The van der Waals surface area contributed by atoms with Gasteiger partial charge in [0.05, 0.1) is 6.61 Å². The lowest BCUT2D eigenvalue weighted by Gasteiger charge is -2.19. The van der Waals surface area contributed by atoms with Crippen molar-refractivity contribution in [3.8, 4) is 0 Å². The highest BCUT2D eigenvalue weighted by Gasteiger charge is 2.22. The molecule has 0 saturated heterocycles. The SMILES string of the molecule is OCc1c(Cl)nsc1C1CC=C(I)CC1. The molecule has 0 amide bonds. The molecule has 1 aromatic heterocycles. The summed E-state index contributed by atoms with van der Waals surface area (Å²) in [7, 11) is 0. The molecule has 2 rings (SSSR count). The molecule has 0 spiro atoms. The van der Waals surface area contributed by atoms with Crippen LogP contribution in [0.3, 0.4) is 0 Å². The highest BCUT2D eigenvalue weighted by Crippen LogP contribution is 2.39. The van der Waals surface area contributed by atoms with E-state index in [0.717, 1.165) is 24.8 Å². The van der Waals surface area contributed by atoms with Gasteiger partial charge in [-0.1, -0.05) is 17.7 Å². The molecule has 1 aliphatic rings. The fourth-order valence-electron chi connectivity index (χ4n) is 1.81. The van der Waals surface area contributed by atoms with Crippen LogP contribution in [0.25, 0.3) is 0 Å². The van der Waals surface area contributed by atoms with Gasteiger partial charge < -0.3 is 5.11 Å². The molecule has 0 radical (unpaired) electrons. The highest BCUT2D eigenvalue weighted by atomic mass is 127. The molecule has 5 heteroatoms. The monoisotopic (exact) mass is 355 g/mol. The Balaban J connectivity index is 2.23. The molecular formula is C10H11ClINOS. The van der Waals surface area contributed by atoms with E-state index in [-0.39, 0.29) is 6.61 Å². The zero-order valence-electron chi connectivity index (χ0n) is 8.04. The number of allylic oxidation sites excluding steroid dienone is 2. The Morgan fingerprint density at radius 1 is 1.67 bits per heavy atom. The van der Waals surface area contributed by atoms with E-state index in [2.05, 4.69) is 33.0 Å². The maximum absolute atomic E-state index is 9.24. The van der Waals surface area contributed by atoms with Crippen molar-refractivity contribution in [3.63, 3.8) is 0 Å². The Hall–Kier alpha value is 0.350. The molecule has 1 heterocycles. The Labute approximate surface area is 112 Å². The van der Waals surface area contributed by atoms with E-state index in [1.54, 1.807) is 0 Å². The Morgan fingerprint density at radius 2 is 2.47 bits per heavy atom. The Bertz CT molecular complexity index is 391.